The van der Waals surface area contributed by atoms with Gasteiger partial charge in [0, 0.05) is 51.8 Å². The summed E-state index contributed by atoms with van der Waals surface area (Å²) in [6, 6.07) is 17.9. The van der Waals surface area contributed by atoms with Crippen molar-refractivity contribution in [3.63, 3.8) is 0 Å². The number of hydrogen-bond acceptors (Lipinski definition) is 2. The van der Waals surface area contributed by atoms with Crippen LogP contribution in [0.15, 0.2) is 66.9 Å². The van der Waals surface area contributed by atoms with E-state index in [1.807, 2.05) is 35.0 Å². The maximum Gasteiger partial charge on any atom is 0.416 e. The van der Waals surface area contributed by atoms with E-state index in [9.17, 15) is 13.2 Å². The quantitative estimate of drug-likeness (QED) is 0.373. The molecule has 0 saturated carbocycles. The smallest absolute Gasteiger partial charge is 0.385 e. The van der Waals surface area contributed by atoms with E-state index in [1.165, 1.54) is 23.3 Å². The number of alkyl halides is 3. The lowest BCUT2D eigenvalue weighted by atomic mass is 10.1. The summed E-state index contributed by atoms with van der Waals surface area (Å²) in [6.45, 7) is 5.60. The van der Waals surface area contributed by atoms with Gasteiger partial charge in [-0.1, -0.05) is 36.4 Å². The number of benzene rings is 2. The van der Waals surface area contributed by atoms with Crippen molar-refractivity contribution in [2.75, 3.05) is 20.3 Å². The maximum atomic E-state index is 13.1. The molecule has 0 spiro atoms. The molecule has 0 aliphatic carbocycles. The van der Waals surface area contributed by atoms with Crippen LogP contribution in [0.25, 0.3) is 0 Å². The van der Waals surface area contributed by atoms with Gasteiger partial charge in [0.2, 0.25) is 0 Å². The molecule has 2 aromatic carbocycles. The lowest BCUT2D eigenvalue weighted by Gasteiger charge is -2.24. The molecule has 0 amide bonds. The largest absolute Gasteiger partial charge is 0.416 e. The van der Waals surface area contributed by atoms with Gasteiger partial charge in [0.05, 0.1) is 5.56 Å². The van der Waals surface area contributed by atoms with Crippen LogP contribution in [0.3, 0.4) is 0 Å². The normalized spacial score (nSPS) is 11.9. The van der Waals surface area contributed by atoms with Gasteiger partial charge in [-0.05, 0) is 54.3 Å². The van der Waals surface area contributed by atoms with Gasteiger partial charge in [-0.3, -0.25) is 4.90 Å². The van der Waals surface area contributed by atoms with Gasteiger partial charge >= 0.3 is 6.18 Å². The number of nitrogens with zero attached hydrogens (tertiary/aromatic N) is 2. The number of aryl methyl sites for hydroxylation is 1. The monoisotopic (exact) mass is 430 g/mol. The van der Waals surface area contributed by atoms with Gasteiger partial charge in [0.15, 0.2) is 0 Å². The summed E-state index contributed by atoms with van der Waals surface area (Å²) in [5, 5.41) is 0. The highest BCUT2D eigenvalue weighted by molar-refractivity contribution is 5.27. The molecule has 3 nitrogen and oxygen atoms in total. The highest BCUT2D eigenvalue weighted by Gasteiger charge is 2.30. The van der Waals surface area contributed by atoms with E-state index in [1.54, 1.807) is 13.2 Å². The van der Waals surface area contributed by atoms with Crippen LogP contribution in [0.4, 0.5) is 13.2 Å². The molecule has 0 fully saturated rings. The summed E-state index contributed by atoms with van der Waals surface area (Å²) < 4.78 is 46.4. The number of hydrogen-bond donors (Lipinski definition) is 0. The first-order valence-electron chi connectivity index (χ1n) is 10.4. The van der Waals surface area contributed by atoms with Crippen LogP contribution in [0, 0.1) is 6.92 Å². The molecule has 3 rings (SSSR count). The average Bonchev–Trinajstić information content (AvgIpc) is 3.16. The summed E-state index contributed by atoms with van der Waals surface area (Å²) in [6.07, 6.45) is -1.49. The zero-order valence-electron chi connectivity index (χ0n) is 18.0. The van der Waals surface area contributed by atoms with Crippen molar-refractivity contribution in [1.82, 2.24) is 9.47 Å². The van der Waals surface area contributed by atoms with E-state index < -0.39 is 11.7 Å². The Morgan fingerprint density at radius 1 is 0.968 bits per heavy atom. The minimum atomic E-state index is -4.33. The van der Waals surface area contributed by atoms with Crippen LogP contribution in [-0.4, -0.2) is 29.7 Å². The molecule has 0 N–H and O–H groups in total. The highest BCUT2D eigenvalue weighted by atomic mass is 19.4. The average molecular weight is 431 g/mol. The van der Waals surface area contributed by atoms with E-state index in [2.05, 4.69) is 24.0 Å². The summed E-state index contributed by atoms with van der Waals surface area (Å²) in [7, 11) is 1.70. The molecule has 3 aromatic rings. The summed E-state index contributed by atoms with van der Waals surface area (Å²) in [5.74, 6) is 0. The van der Waals surface area contributed by atoms with Crippen molar-refractivity contribution in [1.29, 1.82) is 0 Å². The standard InChI is InChI=1S/C25H29F3N2O/c1-20-8-3-4-10-22(20)18-29(13-7-15-31-2)19-24-12-6-14-30(24)17-21-9-5-11-23(16-21)25(26,27)28/h3-6,8-12,14,16H,7,13,15,17-19H2,1-2H3. The molecule has 6 heteroatoms. The first-order valence-corrected chi connectivity index (χ1v) is 10.4. The Balaban J connectivity index is 1.75. The third kappa shape index (κ3) is 6.71. The second-order valence-corrected chi connectivity index (χ2v) is 7.81. The fourth-order valence-electron chi connectivity index (χ4n) is 3.69. The second kappa shape index (κ2) is 10.6. The Kier molecular flexibility index (Phi) is 7.93. The second-order valence-electron chi connectivity index (χ2n) is 7.81. The molecule has 0 bridgehead atoms. The van der Waals surface area contributed by atoms with E-state index in [-0.39, 0.29) is 0 Å². The maximum absolute atomic E-state index is 13.1. The van der Waals surface area contributed by atoms with Crippen molar-refractivity contribution < 1.29 is 17.9 Å². The fourth-order valence-corrected chi connectivity index (χ4v) is 3.69. The van der Waals surface area contributed by atoms with Crippen molar-refractivity contribution in [2.24, 2.45) is 0 Å². The molecule has 0 radical (unpaired) electrons. The van der Waals surface area contributed by atoms with Crippen LogP contribution in [0.2, 0.25) is 0 Å². The number of aromatic nitrogens is 1. The van der Waals surface area contributed by atoms with Gasteiger partial charge in [-0.15, -0.1) is 0 Å². The Morgan fingerprint density at radius 3 is 2.52 bits per heavy atom. The van der Waals surface area contributed by atoms with Crippen molar-refractivity contribution >= 4 is 0 Å². The Morgan fingerprint density at radius 2 is 1.77 bits per heavy atom. The van der Waals surface area contributed by atoms with E-state index in [4.69, 9.17) is 4.74 Å². The Hall–Kier alpha value is -2.57. The van der Waals surface area contributed by atoms with E-state index in [0.717, 1.165) is 31.3 Å². The molecular formula is C25H29F3N2O. The molecule has 0 saturated heterocycles. The fraction of sp³-hybridized carbons (Fsp3) is 0.360. The van der Waals surface area contributed by atoms with Crippen LogP contribution in [0.1, 0.15) is 34.4 Å². The Bertz CT molecular complexity index is 965. The lowest BCUT2D eigenvalue weighted by molar-refractivity contribution is -0.137. The molecule has 31 heavy (non-hydrogen) atoms. The number of halogens is 3. The van der Waals surface area contributed by atoms with Gasteiger partial charge in [-0.2, -0.15) is 13.2 Å². The molecule has 166 valence electrons. The SMILES string of the molecule is COCCCN(Cc1ccccc1C)Cc1cccn1Cc1cccc(C(F)(F)F)c1. The third-order valence-electron chi connectivity index (χ3n) is 5.39. The lowest BCUT2D eigenvalue weighted by Crippen LogP contribution is -2.26. The molecule has 0 aliphatic rings. The molecule has 0 atom stereocenters. The van der Waals surface area contributed by atoms with Crippen LogP contribution in [0.5, 0.6) is 0 Å². The van der Waals surface area contributed by atoms with Crippen molar-refractivity contribution in [2.45, 2.75) is 39.2 Å². The van der Waals surface area contributed by atoms with Gasteiger partial charge in [0.1, 0.15) is 0 Å². The highest BCUT2D eigenvalue weighted by Crippen LogP contribution is 2.29. The molecular weight excluding hydrogens is 401 g/mol. The first kappa shape index (κ1) is 23.1. The van der Waals surface area contributed by atoms with Crippen LogP contribution < -0.4 is 0 Å². The van der Waals surface area contributed by atoms with Crippen molar-refractivity contribution in [3.05, 3.63) is 94.8 Å². The summed E-state index contributed by atoms with van der Waals surface area (Å²) in [4.78, 5) is 2.36. The molecule has 1 heterocycles. The van der Waals surface area contributed by atoms with E-state index >= 15 is 0 Å². The molecule has 0 unspecified atom stereocenters. The van der Waals surface area contributed by atoms with E-state index in [0.29, 0.717) is 25.3 Å². The Labute approximate surface area is 182 Å². The summed E-state index contributed by atoms with van der Waals surface area (Å²) in [5.41, 5.74) is 3.62. The predicted molar refractivity (Wildman–Crippen MR) is 117 cm³/mol. The predicted octanol–water partition coefficient (Wildman–Crippen LogP) is 5.90. The topological polar surface area (TPSA) is 17.4 Å². The third-order valence-corrected chi connectivity index (χ3v) is 5.39. The minimum Gasteiger partial charge on any atom is -0.385 e. The number of methoxy groups -OCH3 is 1. The first-order chi connectivity index (χ1) is 14.9. The zero-order chi connectivity index (χ0) is 22.3. The van der Waals surface area contributed by atoms with Gasteiger partial charge in [0.25, 0.3) is 0 Å². The van der Waals surface area contributed by atoms with Gasteiger partial charge < -0.3 is 9.30 Å². The molecule has 0 aliphatic heterocycles. The van der Waals surface area contributed by atoms with Crippen LogP contribution >= 0.6 is 0 Å². The minimum absolute atomic E-state index is 0.405. The number of ether oxygens (including phenoxy) is 1. The zero-order valence-corrected chi connectivity index (χ0v) is 18.0. The van der Waals surface area contributed by atoms with Gasteiger partial charge in [-0.25, -0.2) is 0 Å². The van der Waals surface area contributed by atoms with Crippen LogP contribution in [-0.2, 0) is 30.5 Å². The van der Waals surface area contributed by atoms with Crippen molar-refractivity contribution in [3.8, 4) is 0 Å². The number of rotatable bonds is 10. The molecule has 1 aromatic heterocycles. The summed E-state index contributed by atoms with van der Waals surface area (Å²) >= 11 is 0.